The molecule has 1 fully saturated rings. The number of ether oxygens (including phenoxy) is 1. The van der Waals surface area contributed by atoms with Crippen LogP contribution in [0.15, 0.2) is 53.6 Å². The molecule has 12 heteroatoms. The first-order valence-electron chi connectivity index (χ1n) is 10.2. The van der Waals surface area contributed by atoms with Gasteiger partial charge >= 0.3 is 0 Å². The van der Waals surface area contributed by atoms with Gasteiger partial charge in [0.2, 0.25) is 17.8 Å². The molecule has 3 aromatic rings. The van der Waals surface area contributed by atoms with Crippen molar-refractivity contribution in [2.45, 2.75) is 6.54 Å². The fraction of sp³-hybridized carbons (Fsp3) is 0.238. The second kappa shape index (κ2) is 10.7. The van der Waals surface area contributed by atoms with Crippen molar-refractivity contribution in [1.29, 1.82) is 0 Å². The van der Waals surface area contributed by atoms with E-state index in [1.807, 2.05) is 35.2 Å². The zero-order valence-electron chi connectivity index (χ0n) is 17.5. The molecule has 2 aromatic carbocycles. The summed E-state index contributed by atoms with van der Waals surface area (Å²) in [4.78, 5) is 25.9. The van der Waals surface area contributed by atoms with Gasteiger partial charge in [0.1, 0.15) is 0 Å². The number of nitrogens with zero attached hydrogens (tertiary/aromatic N) is 6. The van der Waals surface area contributed by atoms with Crippen LogP contribution in [-0.2, 0) is 11.3 Å². The van der Waals surface area contributed by atoms with Crippen LogP contribution < -0.4 is 15.6 Å². The van der Waals surface area contributed by atoms with Gasteiger partial charge in [-0.15, -0.1) is 0 Å². The van der Waals surface area contributed by atoms with Crippen molar-refractivity contribution in [2.75, 3.05) is 41.9 Å². The minimum Gasteiger partial charge on any atom is -0.378 e. The number of nitrogens with one attached hydrogen (secondary N) is 2. The third kappa shape index (κ3) is 6.11. The largest absolute Gasteiger partial charge is 0.378 e. The van der Waals surface area contributed by atoms with Gasteiger partial charge in [-0.2, -0.15) is 20.1 Å². The van der Waals surface area contributed by atoms with Gasteiger partial charge in [-0.1, -0.05) is 41.9 Å². The molecular weight excluding hydrogens is 448 g/mol. The van der Waals surface area contributed by atoms with Crippen molar-refractivity contribution in [1.82, 2.24) is 15.0 Å². The maximum absolute atomic E-state index is 11.0. The molecule has 4 rings (SSSR count). The summed E-state index contributed by atoms with van der Waals surface area (Å²) in [6.07, 6.45) is 1.38. The molecular formula is C21H21ClN8O3. The Labute approximate surface area is 194 Å². The number of nitro groups is 1. The molecule has 0 radical (unpaired) electrons. The lowest BCUT2D eigenvalue weighted by Gasteiger charge is -2.27. The third-order valence-corrected chi connectivity index (χ3v) is 5.11. The summed E-state index contributed by atoms with van der Waals surface area (Å²) in [6.45, 7) is 3.04. The molecule has 0 atom stereocenters. The summed E-state index contributed by atoms with van der Waals surface area (Å²) in [5, 5.41) is 18.7. The molecule has 170 valence electrons. The number of benzene rings is 2. The Morgan fingerprint density at radius 1 is 1.12 bits per heavy atom. The number of nitro benzene ring substituents is 1. The minimum atomic E-state index is -0.494. The third-order valence-electron chi connectivity index (χ3n) is 4.77. The van der Waals surface area contributed by atoms with Crippen LogP contribution in [0.4, 0.5) is 23.5 Å². The summed E-state index contributed by atoms with van der Waals surface area (Å²) in [5.74, 6) is 1.11. The lowest BCUT2D eigenvalue weighted by molar-refractivity contribution is -0.384. The summed E-state index contributed by atoms with van der Waals surface area (Å²) in [7, 11) is 0. The van der Waals surface area contributed by atoms with Crippen LogP contribution in [0.5, 0.6) is 0 Å². The number of anilines is 3. The van der Waals surface area contributed by atoms with E-state index in [1.54, 1.807) is 0 Å². The molecule has 0 saturated carbocycles. The first-order valence-corrected chi connectivity index (χ1v) is 10.6. The van der Waals surface area contributed by atoms with Crippen LogP contribution in [-0.4, -0.2) is 52.4 Å². The summed E-state index contributed by atoms with van der Waals surface area (Å²) in [6, 6.07) is 14.0. The number of hydrazone groups is 1. The number of hydrogen-bond donors (Lipinski definition) is 2. The summed E-state index contributed by atoms with van der Waals surface area (Å²) < 4.78 is 5.41. The van der Waals surface area contributed by atoms with Crippen LogP contribution in [0.2, 0.25) is 5.02 Å². The number of aromatic nitrogens is 3. The number of non-ortho nitro benzene ring substituents is 1. The van der Waals surface area contributed by atoms with Crippen LogP contribution in [0.25, 0.3) is 0 Å². The van der Waals surface area contributed by atoms with Gasteiger partial charge in [0, 0.05) is 42.4 Å². The highest BCUT2D eigenvalue weighted by Crippen LogP contribution is 2.21. The van der Waals surface area contributed by atoms with Gasteiger partial charge in [-0.3, -0.25) is 10.1 Å². The highest BCUT2D eigenvalue weighted by atomic mass is 35.5. The minimum absolute atomic E-state index is 0.0805. The van der Waals surface area contributed by atoms with Crippen molar-refractivity contribution >= 4 is 41.3 Å². The highest BCUT2D eigenvalue weighted by molar-refractivity contribution is 6.33. The Morgan fingerprint density at radius 3 is 2.64 bits per heavy atom. The Hall–Kier alpha value is -3.83. The molecule has 33 heavy (non-hydrogen) atoms. The average molecular weight is 469 g/mol. The van der Waals surface area contributed by atoms with Crippen LogP contribution in [0, 0.1) is 10.1 Å². The SMILES string of the molecule is O=[N+]([O-])c1ccc(Cl)c(/C=N\Nc2nc(NCc3ccccc3)nc(N3CCOCC3)n2)c1. The van der Waals surface area contributed by atoms with E-state index in [-0.39, 0.29) is 11.6 Å². The van der Waals surface area contributed by atoms with E-state index >= 15 is 0 Å². The standard InChI is InChI=1S/C21H21ClN8O3/c22-18-7-6-17(30(31)32)12-16(18)14-24-28-20-25-19(23-13-15-4-2-1-3-5-15)26-21(27-20)29-8-10-33-11-9-29/h1-7,12,14H,8-11,13H2,(H2,23,25,26,27,28)/b24-14-. The molecule has 0 aliphatic carbocycles. The van der Waals surface area contributed by atoms with E-state index < -0.39 is 4.92 Å². The molecule has 1 aliphatic heterocycles. The van der Waals surface area contributed by atoms with Gasteiger partial charge in [0.15, 0.2) is 0 Å². The lowest BCUT2D eigenvalue weighted by atomic mass is 10.2. The van der Waals surface area contributed by atoms with E-state index in [4.69, 9.17) is 16.3 Å². The van der Waals surface area contributed by atoms with Crippen molar-refractivity contribution in [3.05, 3.63) is 74.8 Å². The van der Waals surface area contributed by atoms with Gasteiger partial charge < -0.3 is 15.0 Å². The van der Waals surface area contributed by atoms with Gasteiger partial charge in [0.25, 0.3) is 5.69 Å². The maximum Gasteiger partial charge on any atom is 0.270 e. The number of hydrogen-bond acceptors (Lipinski definition) is 10. The van der Waals surface area contributed by atoms with E-state index in [0.29, 0.717) is 55.3 Å². The smallest absolute Gasteiger partial charge is 0.270 e. The Bertz CT molecular complexity index is 1140. The van der Waals surface area contributed by atoms with Crippen LogP contribution in [0.1, 0.15) is 11.1 Å². The summed E-state index contributed by atoms with van der Waals surface area (Å²) in [5.41, 5.74) is 4.16. The quantitative estimate of drug-likeness (QED) is 0.290. The molecule has 11 nitrogen and oxygen atoms in total. The van der Waals surface area contributed by atoms with E-state index in [2.05, 4.69) is 30.8 Å². The molecule has 1 saturated heterocycles. The van der Waals surface area contributed by atoms with Gasteiger partial charge in [0.05, 0.1) is 24.4 Å². The van der Waals surface area contributed by atoms with E-state index in [1.165, 1.54) is 24.4 Å². The normalized spacial score (nSPS) is 13.8. The number of rotatable bonds is 8. The molecule has 2 N–H and O–H groups in total. The topological polar surface area (TPSA) is 131 Å². The fourth-order valence-corrected chi connectivity index (χ4v) is 3.25. The second-order valence-corrected chi connectivity index (χ2v) is 7.46. The molecule has 0 bridgehead atoms. The monoisotopic (exact) mass is 468 g/mol. The zero-order valence-corrected chi connectivity index (χ0v) is 18.3. The molecule has 2 heterocycles. The van der Waals surface area contributed by atoms with Crippen LogP contribution >= 0.6 is 11.6 Å². The first kappa shape index (κ1) is 22.4. The number of morpholine rings is 1. The Morgan fingerprint density at radius 2 is 1.88 bits per heavy atom. The van der Waals surface area contributed by atoms with Crippen molar-refractivity contribution < 1.29 is 9.66 Å². The van der Waals surface area contributed by atoms with E-state index in [0.717, 1.165) is 5.56 Å². The molecule has 1 aliphatic rings. The number of halogens is 1. The first-order chi connectivity index (χ1) is 16.1. The lowest BCUT2D eigenvalue weighted by Crippen LogP contribution is -2.37. The zero-order chi connectivity index (χ0) is 23.0. The molecule has 0 unspecified atom stereocenters. The predicted octanol–water partition coefficient (Wildman–Crippen LogP) is 3.33. The van der Waals surface area contributed by atoms with Gasteiger partial charge in [-0.05, 0) is 11.6 Å². The van der Waals surface area contributed by atoms with Gasteiger partial charge in [-0.25, -0.2) is 5.43 Å². The molecule has 0 spiro atoms. The molecule has 1 aromatic heterocycles. The Balaban J connectivity index is 1.53. The van der Waals surface area contributed by atoms with Crippen molar-refractivity contribution in [3.8, 4) is 0 Å². The van der Waals surface area contributed by atoms with Crippen molar-refractivity contribution in [2.24, 2.45) is 5.10 Å². The summed E-state index contributed by atoms with van der Waals surface area (Å²) >= 11 is 6.12. The molecule has 0 amide bonds. The maximum atomic E-state index is 11.0. The highest BCUT2D eigenvalue weighted by Gasteiger charge is 2.16. The predicted molar refractivity (Wildman–Crippen MR) is 126 cm³/mol. The second-order valence-electron chi connectivity index (χ2n) is 7.05. The Kier molecular flexibility index (Phi) is 7.22. The fourth-order valence-electron chi connectivity index (χ4n) is 3.08. The average Bonchev–Trinajstić information content (AvgIpc) is 2.85. The van der Waals surface area contributed by atoms with Crippen molar-refractivity contribution in [3.63, 3.8) is 0 Å². The van der Waals surface area contributed by atoms with E-state index in [9.17, 15) is 10.1 Å². The van der Waals surface area contributed by atoms with Crippen LogP contribution in [0.3, 0.4) is 0 Å².